The summed E-state index contributed by atoms with van der Waals surface area (Å²) in [5, 5.41) is 10.1. The molecule has 74 valence electrons. The molecule has 1 N–H and O–H groups in total. The lowest BCUT2D eigenvalue weighted by Crippen LogP contribution is -2.46. The average Bonchev–Trinajstić information content (AvgIpc) is 2.61. The Morgan fingerprint density at radius 1 is 1.21 bits per heavy atom. The van der Waals surface area contributed by atoms with Gasteiger partial charge in [0.25, 0.3) is 0 Å². The molecule has 1 aromatic rings. The Hall–Kier alpha value is -1.26. The van der Waals surface area contributed by atoms with Crippen LogP contribution in [0, 0.1) is 0 Å². The zero-order valence-electron chi connectivity index (χ0n) is 7.53. The Morgan fingerprint density at radius 3 is 2.79 bits per heavy atom. The van der Waals surface area contributed by atoms with Crippen LogP contribution in [0.25, 0.3) is 0 Å². The van der Waals surface area contributed by atoms with Crippen LogP contribution in [-0.4, -0.2) is 25.1 Å². The predicted octanol–water partition coefficient (Wildman–Crippen LogP) is 0.633. The zero-order valence-corrected chi connectivity index (χ0v) is 7.53. The number of hydrogen-bond donors (Lipinski definition) is 1. The molecule has 1 aromatic carbocycles. The minimum Gasteiger partial charge on any atom is -0.454 e. The third-order valence-electron chi connectivity index (χ3n) is 2.58. The molecule has 0 amide bonds. The van der Waals surface area contributed by atoms with E-state index in [1.807, 2.05) is 18.2 Å². The van der Waals surface area contributed by atoms with Gasteiger partial charge in [-0.3, -0.25) is 0 Å². The second-order valence-electron chi connectivity index (χ2n) is 3.56. The SMILES string of the molecule is OC1(c2cccc3c2OCO3)COC1. The molecule has 0 spiro atoms. The maximum absolute atomic E-state index is 10.1. The summed E-state index contributed by atoms with van der Waals surface area (Å²) in [6.45, 7) is 0.878. The van der Waals surface area contributed by atoms with Gasteiger partial charge in [0.15, 0.2) is 11.5 Å². The minimum atomic E-state index is -0.890. The van der Waals surface area contributed by atoms with Gasteiger partial charge in [-0.25, -0.2) is 0 Å². The normalized spacial score (nSPS) is 21.8. The highest BCUT2D eigenvalue weighted by molar-refractivity contribution is 5.51. The Morgan fingerprint density at radius 2 is 2.07 bits per heavy atom. The molecule has 1 fully saturated rings. The van der Waals surface area contributed by atoms with Gasteiger partial charge >= 0.3 is 0 Å². The van der Waals surface area contributed by atoms with Crippen molar-refractivity contribution >= 4 is 0 Å². The van der Waals surface area contributed by atoms with E-state index in [4.69, 9.17) is 14.2 Å². The van der Waals surface area contributed by atoms with Gasteiger partial charge in [0.1, 0.15) is 5.60 Å². The Balaban J connectivity index is 2.10. The summed E-state index contributed by atoms with van der Waals surface area (Å²) in [6, 6.07) is 5.52. The van der Waals surface area contributed by atoms with E-state index in [1.165, 1.54) is 0 Å². The molecular formula is C10H10O4. The van der Waals surface area contributed by atoms with Gasteiger partial charge in [0.05, 0.1) is 13.2 Å². The number of ether oxygens (including phenoxy) is 3. The molecule has 0 bridgehead atoms. The first-order valence-electron chi connectivity index (χ1n) is 4.49. The van der Waals surface area contributed by atoms with E-state index in [-0.39, 0.29) is 6.79 Å². The highest BCUT2D eigenvalue weighted by Crippen LogP contribution is 2.43. The van der Waals surface area contributed by atoms with Crippen LogP contribution in [0.15, 0.2) is 18.2 Å². The Kier molecular flexibility index (Phi) is 1.51. The summed E-state index contributed by atoms with van der Waals surface area (Å²) in [5.74, 6) is 1.35. The van der Waals surface area contributed by atoms with E-state index < -0.39 is 5.60 Å². The molecule has 2 aliphatic heterocycles. The van der Waals surface area contributed by atoms with Crippen LogP contribution in [0.4, 0.5) is 0 Å². The summed E-state index contributed by atoms with van der Waals surface area (Å²) >= 11 is 0. The van der Waals surface area contributed by atoms with E-state index in [1.54, 1.807) is 0 Å². The average molecular weight is 194 g/mol. The van der Waals surface area contributed by atoms with Gasteiger partial charge in [-0.2, -0.15) is 0 Å². The van der Waals surface area contributed by atoms with Crippen LogP contribution in [0.5, 0.6) is 11.5 Å². The molecule has 3 rings (SSSR count). The maximum Gasteiger partial charge on any atom is 0.231 e. The highest BCUT2D eigenvalue weighted by Gasteiger charge is 2.41. The van der Waals surface area contributed by atoms with Crippen molar-refractivity contribution in [3.8, 4) is 11.5 Å². The lowest BCUT2D eigenvalue weighted by molar-refractivity contribution is -0.185. The topological polar surface area (TPSA) is 47.9 Å². The summed E-state index contributed by atoms with van der Waals surface area (Å²) in [4.78, 5) is 0. The molecular weight excluding hydrogens is 184 g/mol. The van der Waals surface area contributed by atoms with E-state index in [0.29, 0.717) is 24.7 Å². The molecule has 2 aliphatic rings. The van der Waals surface area contributed by atoms with Gasteiger partial charge < -0.3 is 19.3 Å². The lowest BCUT2D eigenvalue weighted by atomic mass is 9.91. The number of rotatable bonds is 1. The van der Waals surface area contributed by atoms with Crippen molar-refractivity contribution in [1.29, 1.82) is 0 Å². The zero-order chi connectivity index (χ0) is 9.60. The minimum absolute atomic E-state index is 0.225. The van der Waals surface area contributed by atoms with Crippen LogP contribution >= 0.6 is 0 Å². The molecule has 0 aliphatic carbocycles. The van der Waals surface area contributed by atoms with Crippen molar-refractivity contribution in [3.63, 3.8) is 0 Å². The predicted molar refractivity (Wildman–Crippen MR) is 47.3 cm³/mol. The molecule has 14 heavy (non-hydrogen) atoms. The van der Waals surface area contributed by atoms with Crippen molar-refractivity contribution in [3.05, 3.63) is 23.8 Å². The molecule has 0 saturated carbocycles. The third-order valence-corrected chi connectivity index (χ3v) is 2.58. The third kappa shape index (κ3) is 0.951. The van der Waals surface area contributed by atoms with E-state index in [0.717, 1.165) is 5.56 Å². The number of aliphatic hydroxyl groups is 1. The highest BCUT2D eigenvalue weighted by atomic mass is 16.7. The van der Waals surface area contributed by atoms with Crippen molar-refractivity contribution < 1.29 is 19.3 Å². The van der Waals surface area contributed by atoms with Crippen LogP contribution in [0.1, 0.15) is 5.56 Å². The first kappa shape index (κ1) is 8.08. The molecule has 1 saturated heterocycles. The summed E-state index contributed by atoms with van der Waals surface area (Å²) in [7, 11) is 0. The second-order valence-corrected chi connectivity index (χ2v) is 3.56. The summed E-state index contributed by atoms with van der Waals surface area (Å²) in [5.41, 5.74) is -0.127. The van der Waals surface area contributed by atoms with Crippen LogP contribution < -0.4 is 9.47 Å². The number of hydrogen-bond acceptors (Lipinski definition) is 4. The van der Waals surface area contributed by atoms with Crippen LogP contribution in [0.3, 0.4) is 0 Å². The van der Waals surface area contributed by atoms with E-state index in [9.17, 15) is 5.11 Å². The summed E-state index contributed by atoms with van der Waals surface area (Å²) < 4.78 is 15.5. The van der Waals surface area contributed by atoms with Gasteiger partial charge in [-0.15, -0.1) is 0 Å². The number of fused-ring (bicyclic) bond motifs is 1. The summed E-state index contributed by atoms with van der Waals surface area (Å²) in [6.07, 6.45) is 0. The Labute approximate surface area is 81.0 Å². The van der Waals surface area contributed by atoms with E-state index >= 15 is 0 Å². The fraction of sp³-hybridized carbons (Fsp3) is 0.400. The van der Waals surface area contributed by atoms with Crippen molar-refractivity contribution in [1.82, 2.24) is 0 Å². The molecule has 2 heterocycles. The molecule has 0 unspecified atom stereocenters. The molecule has 0 atom stereocenters. The van der Waals surface area contributed by atoms with Crippen molar-refractivity contribution in [2.75, 3.05) is 20.0 Å². The standard InChI is InChI=1S/C10H10O4/c11-10(4-12-5-10)7-2-1-3-8-9(7)14-6-13-8/h1-3,11H,4-6H2. The molecule has 0 aromatic heterocycles. The van der Waals surface area contributed by atoms with Crippen LogP contribution in [0.2, 0.25) is 0 Å². The second kappa shape index (κ2) is 2.62. The fourth-order valence-corrected chi connectivity index (χ4v) is 1.75. The van der Waals surface area contributed by atoms with Crippen molar-refractivity contribution in [2.45, 2.75) is 5.60 Å². The Bertz CT molecular complexity index is 370. The van der Waals surface area contributed by atoms with Crippen LogP contribution in [-0.2, 0) is 10.3 Å². The van der Waals surface area contributed by atoms with Gasteiger partial charge in [0.2, 0.25) is 6.79 Å². The maximum atomic E-state index is 10.1. The quantitative estimate of drug-likeness (QED) is 0.712. The molecule has 0 radical (unpaired) electrons. The fourth-order valence-electron chi connectivity index (χ4n) is 1.75. The first-order chi connectivity index (χ1) is 6.80. The largest absolute Gasteiger partial charge is 0.454 e. The number of para-hydroxylation sites is 1. The van der Waals surface area contributed by atoms with Gasteiger partial charge in [0, 0.05) is 5.56 Å². The smallest absolute Gasteiger partial charge is 0.231 e. The van der Waals surface area contributed by atoms with E-state index in [2.05, 4.69) is 0 Å². The van der Waals surface area contributed by atoms with Gasteiger partial charge in [-0.05, 0) is 6.07 Å². The first-order valence-corrected chi connectivity index (χ1v) is 4.49. The monoisotopic (exact) mass is 194 g/mol. The van der Waals surface area contributed by atoms with Gasteiger partial charge in [-0.1, -0.05) is 12.1 Å². The molecule has 4 heteroatoms. The number of benzene rings is 1. The van der Waals surface area contributed by atoms with Crippen molar-refractivity contribution in [2.24, 2.45) is 0 Å². The molecule has 4 nitrogen and oxygen atoms in total. The lowest BCUT2D eigenvalue weighted by Gasteiger charge is -2.37.